The molecule has 2 rings (SSSR count). The topological polar surface area (TPSA) is 24.4 Å². The molecule has 0 unspecified atom stereocenters. The van der Waals surface area contributed by atoms with Crippen LogP contribution in [0.1, 0.15) is 18.1 Å². The number of nitrogens with one attached hydrogen (secondary N) is 1. The number of anilines is 1. The van der Waals surface area contributed by atoms with E-state index < -0.39 is 0 Å². The molecule has 2 nitrogen and oxygen atoms in total. The molecule has 98 valence electrons. The Morgan fingerprint density at radius 2 is 1.74 bits per heavy atom. The van der Waals surface area contributed by atoms with Crippen LogP contribution in [0.25, 0.3) is 0 Å². The number of halogens is 2. The molecule has 0 bridgehead atoms. The Kier molecular flexibility index (Phi) is 4.46. The molecular formula is C15H14Cl2N2. The van der Waals surface area contributed by atoms with Crippen molar-refractivity contribution < 1.29 is 0 Å². The van der Waals surface area contributed by atoms with Gasteiger partial charge in [0.2, 0.25) is 0 Å². The summed E-state index contributed by atoms with van der Waals surface area (Å²) >= 11 is 11.9. The van der Waals surface area contributed by atoms with Crippen LogP contribution < -0.4 is 5.43 Å². The van der Waals surface area contributed by atoms with Crippen molar-refractivity contribution in [1.29, 1.82) is 0 Å². The zero-order valence-electron chi connectivity index (χ0n) is 10.7. The van der Waals surface area contributed by atoms with Gasteiger partial charge in [0, 0.05) is 5.02 Å². The van der Waals surface area contributed by atoms with E-state index in [-0.39, 0.29) is 0 Å². The third-order valence-corrected chi connectivity index (χ3v) is 3.29. The van der Waals surface area contributed by atoms with Gasteiger partial charge in [-0.3, -0.25) is 5.43 Å². The van der Waals surface area contributed by atoms with E-state index in [1.165, 1.54) is 5.56 Å². The summed E-state index contributed by atoms with van der Waals surface area (Å²) in [6, 6.07) is 13.5. The van der Waals surface area contributed by atoms with E-state index in [0.29, 0.717) is 10.0 Å². The molecule has 0 atom stereocenters. The number of hydrogen-bond acceptors (Lipinski definition) is 2. The lowest BCUT2D eigenvalue weighted by Crippen LogP contribution is -2.00. The lowest BCUT2D eigenvalue weighted by Gasteiger charge is -2.06. The summed E-state index contributed by atoms with van der Waals surface area (Å²) in [7, 11) is 0. The van der Waals surface area contributed by atoms with Crippen molar-refractivity contribution in [2.45, 2.75) is 13.8 Å². The number of nitrogens with zero attached hydrogens (tertiary/aromatic N) is 1. The second kappa shape index (κ2) is 6.09. The Morgan fingerprint density at radius 3 is 2.37 bits per heavy atom. The third-order valence-electron chi connectivity index (χ3n) is 2.74. The quantitative estimate of drug-likeness (QED) is 0.615. The summed E-state index contributed by atoms with van der Waals surface area (Å²) in [5.41, 5.74) is 6.88. The fourth-order valence-corrected chi connectivity index (χ4v) is 2.03. The Hall–Kier alpha value is -1.51. The number of rotatable bonds is 3. The average molecular weight is 293 g/mol. The normalized spacial score (nSPS) is 11.5. The maximum atomic E-state index is 6.06. The Labute approximate surface area is 123 Å². The molecule has 0 saturated heterocycles. The minimum absolute atomic E-state index is 0.549. The molecule has 0 amide bonds. The van der Waals surface area contributed by atoms with Gasteiger partial charge in [-0.15, -0.1) is 0 Å². The van der Waals surface area contributed by atoms with Crippen LogP contribution in [0.5, 0.6) is 0 Å². The molecule has 0 fully saturated rings. The molecule has 19 heavy (non-hydrogen) atoms. The average Bonchev–Trinajstić information content (AvgIpc) is 2.38. The van der Waals surface area contributed by atoms with Gasteiger partial charge >= 0.3 is 0 Å². The minimum Gasteiger partial charge on any atom is -0.277 e. The standard InChI is InChI=1S/C15H14Cl2N2/c1-10-3-5-12(6-4-10)11(2)18-19-15-8-7-13(16)9-14(15)17/h3-9,19H,1-2H3/b18-11+. The molecule has 0 saturated carbocycles. The first kappa shape index (κ1) is 13.9. The molecule has 0 heterocycles. The van der Waals surface area contributed by atoms with Crippen molar-refractivity contribution in [2.75, 3.05) is 5.43 Å². The van der Waals surface area contributed by atoms with E-state index in [4.69, 9.17) is 23.2 Å². The molecule has 0 aliphatic carbocycles. The maximum absolute atomic E-state index is 6.06. The largest absolute Gasteiger partial charge is 0.277 e. The lowest BCUT2D eigenvalue weighted by atomic mass is 10.1. The molecule has 1 N–H and O–H groups in total. The highest BCUT2D eigenvalue weighted by Crippen LogP contribution is 2.25. The van der Waals surface area contributed by atoms with Crippen LogP contribution in [0, 0.1) is 6.92 Å². The summed E-state index contributed by atoms with van der Waals surface area (Å²) in [5, 5.41) is 5.48. The predicted octanol–water partition coefficient (Wildman–Crippen LogP) is 5.14. The molecular weight excluding hydrogens is 279 g/mol. The van der Waals surface area contributed by atoms with E-state index in [1.54, 1.807) is 18.2 Å². The molecule has 2 aromatic rings. The van der Waals surface area contributed by atoms with Gasteiger partial charge in [0.25, 0.3) is 0 Å². The van der Waals surface area contributed by atoms with E-state index in [1.807, 2.05) is 19.1 Å². The first-order chi connectivity index (χ1) is 9.06. The molecule has 0 spiro atoms. The highest BCUT2D eigenvalue weighted by Gasteiger charge is 2.01. The Balaban J connectivity index is 2.15. The van der Waals surface area contributed by atoms with Gasteiger partial charge in [0.1, 0.15) is 0 Å². The monoisotopic (exact) mass is 292 g/mol. The van der Waals surface area contributed by atoms with Crippen LogP contribution in [-0.2, 0) is 0 Å². The van der Waals surface area contributed by atoms with Crippen LogP contribution in [-0.4, -0.2) is 5.71 Å². The SMILES string of the molecule is C/C(=N\Nc1ccc(Cl)cc1Cl)c1ccc(C)cc1. The van der Waals surface area contributed by atoms with Crippen molar-refractivity contribution in [3.8, 4) is 0 Å². The predicted molar refractivity (Wildman–Crippen MR) is 83.5 cm³/mol. The van der Waals surface area contributed by atoms with Gasteiger partial charge in [0.05, 0.1) is 16.4 Å². The number of hydrazone groups is 1. The summed E-state index contributed by atoms with van der Waals surface area (Å²) in [6.07, 6.45) is 0. The highest BCUT2D eigenvalue weighted by molar-refractivity contribution is 6.36. The second-order valence-electron chi connectivity index (χ2n) is 4.30. The summed E-state index contributed by atoms with van der Waals surface area (Å²) in [4.78, 5) is 0. The van der Waals surface area contributed by atoms with Gasteiger partial charge in [-0.2, -0.15) is 5.10 Å². The van der Waals surface area contributed by atoms with Gasteiger partial charge in [-0.25, -0.2) is 0 Å². The van der Waals surface area contributed by atoms with Gasteiger partial charge in [0.15, 0.2) is 0 Å². The first-order valence-electron chi connectivity index (χ1n) is 5.88. The summed E-state index contributed by atoms with van der Waals surface area (Å²) < 4.78 is 0. The molecule has 0 radical (unpaired) electrons. The van der Waals surface area contributed by atoms with Crippen LogP contribution >= 0.6 is 23.2 Å². The smallest absolute Gasteiger partial charge is 0.0749 e. The molecule has 2 aromatic carbocycles. The number of hydrogen-bond donors (Lipinski definition) is 1. The van der Waals surface area contributed by atoms with Gasteiger partial charge in [-0.1, -0.05) is 53.0 Å². The summed E-state index contributed by atoms with van der Waals surface area (Å²) in [6.45, 7) is 4.00. The van der Waals surface area contributed by atoms with Crippen LogP contribution in [0.2, 0.25) is 10.0 Å². The zero-order chi connectivity index (χ0) is 13.8. The van der Waals surface area contributed by atoms with Gasteiger partial charge < -0.3 is 0 Å². The van der Waals surface area contributed by atoms with Crippen LogP contribution in [0.4, 0.5) is 5.69 Å². The van der Waals surface area contributed by atoms with E-state index in [2.05, 4.69) is 29.6 Å². The third kappa shape index (κ3) is 3.72. The number of aryl methyl sites for hydroxylation is 1. The van der Waals surface area contributed by atoms with Crippen molar-refractivity contribution in [2.24, 2.45) is 5.10 Å². The van der Waals surface area contributed by atoms with Crippen molar-refractivity contribution in [3.05, 3.63) is 63.6 Å². The fraction of sp³-hybridized carbons (Fsp3) is 0.133. The van der Waals surface area contributed by atoms with Crippen LogP contribution in [0.3, 0.4) is 0 Å². The van der Waals surface area contributed by atoms with Gasteiger partial charge in [-0.05, 0) is 37.6 Å². The lowest BCUT2D eigenvalue weighted by molar-refractivity contribution is 1.32. The molecule has 0 aromatic heterocycles. The summed E-state index contributed by atoms with van der Waals surface area (Å²) in [5.74, 6) is 0. The maximum Gasteiger partial charge on any atom is 0.0749 e. The van der Waals surface area contributed by atoms with E-state index in [0.717, 1.165) is 17.0 Å². The van der Waals surface area contributed by atoms with Crippen LogP contribution in [0.15, 0.2) is 47.6 Å². The first-order valence-corrected chi connectivity index (χ1v) is 6.64. The Bertz CT molecular complexity index is 604. The zero-order valence-corrected chi connectivity index (χ0v) is 12.3. The second-order valence-corrected chi connectivity index (χ2v) is 5.14. The molecule has 4 heteroatoms. The van der Waals surface area contributed by atoms with E-state index >= 15 is 0 Å². The molecule has 0 aliphatic rings. The van der Waals surface area contributed by atoms with Crippen molar-refractivity contribution in [1.82, 2.24) is 0 Å². The Morgan fingerprint density at radius 1 is 1.05 bits per heavy atom. The minimum atomic E-state index is 0.549. The van der Waals surface area contributed by atoms with Crippen molar-refractivity contribution in [3.63, 3.8) is 0 Å². The van der Waals surface area contributed by atoms with Crippen molar-refractivity contribution >= 4 is 34.6 Å². The fourth-order valence-electron chi connectivity index (χ4n) is 1.58. The number of benzene rings is 2. The molecule has 0 aliphatic heterocycles. The van der Waals surface area contributed by atoms with E-state index in [9.17, 15) is 0 Å². The highest BCUT2D eigenvalue weighted by atomic mass is 35.5.